The Morgan fingerprint density at radius 2 is 1.85 bits per heavy atom. The van der Waals surface area contributed by atoms with E-state index in [1.54, 1.807) is 12.1 Å². The molecule has 2 bridgehead atoms. The minimum atomic E-state index is -0.333. The van der Waals surface area contributed by atoms with Crippen molar-refractivity contribution >= 4 is 11.9 Å². The van der Waals surface area contributed by atoms with E-state index in [1.807, 2.05) is 16.7 Å². The lowest BCUT2D eigenvalue weighted by Gasteiger charge is -2.57. The minimum Gasteiger partial charge on any atom is -0.338 e. The zero-order valence-corrected chi connectivity index (χ0v) is 20.1. The van der Waals surface area contributed by atoms with Crippen LogP contribution >= 0.6 is 0 Å². The number of urea groups is 1. The second kappa shape index (κ2) is 9.84. The maximum absolute atomic E-state index is 13.4. The van der Waals surface area contributed by atoms with E-state index in [1.165, 1.54) is 24.1 Å². The van der Waals surface area contributed by atoms with Crippen LogP contribution < -0.4 is 5.32 Å². The molecule has 3 aliphatic carbocycles. The number of carbonyl (C=O) groups is 2. The lowest BCUT2D eigenvalue weighted by Crippen LogP contribution is -2.53. The normalized spacial score (nSPS) is 24.0. The Morgan fingerprint density at radius 3 is 2.45 bits per heavy atom. The van der Waals surface area contributed by atoms with Gasteiger partial charge in [-0.05, 0) is 61.3 Å². The van der Waals surface area contributed by atoms with Gasteiger partial charge in [0.05, 0.1) is 0 Å². The van der Waals surface area contributed by atoms with E-state index in [2.05, 4.69) is 30.1 Å². The first-order valence-electron chi connectivity index (χ1n) is 12.3. The van der Waals surface area contributed by atoms with Crippen LogP contribution in [-0.2, 0) is 0 Å². The number of hydrogen-bond acceptors (Lipinski definition) is 3. The molecule has 1 saturated heterocycles. The van der Waals surface area contributed by atoms with E-state index >= 15 is 0 Å². The number of allylic oxidation sites excluding steroid dienone is 1. The van der Waals surface area contributed by atoms with Gasteiger partial charge in [0.1, 0.15) is 5.82 Å². The van der Waals surface area contributed by atoms with Crippen molar-refractivity contribution in [1.82, 2.24) is 20.0 Å². The Bertz CT molecular complexity index is 890. The van der Waals surface area contributed by atoms with Gasteiger partial charge in [0, 0.05) is 57.9 Å². The third kappa shape index (κ3) is 5.08. The van der Waals surface area contributed by atoms with E-state index in [9.17, 15) is 14.0 Å². The molecule has 7 heteroatoms. The largest absolute Gasteiger partial charge is 0.338 e. The molecule has 2 atom stereocenters. The lowest BCUT2D eigenvalue weighted by molar-refractivity contribution is -0.0105. The molecule has 1 aliphatic heterocycles. The zero-order valence-electron chi connectivity index (χ0n) is 20.1. The third-order valence-corrected chi connectivity index (χ3v) is 8.01. The first-order chi connectivity index (χ1) is 15.8. The monoisotopic (exact) mass is 456 g/mol. The SMILES string of the molecule is CCNC(=O)N1CCN(CCN(CC2=CCC3CC2C3(C)C)C(=O)c2ccc(F)cc2)CC1. The summed E-state index contributed by atoms with van der Waals surface area (Å²) in [5.41, 5.74) is 2.21. The fourth-order valence-corrected chi connectivity index (χ4v) is 5.60. The molecule has 0 radical (unpaired) electrons. The molecule has 6 nitrogen and oxygen atoms in total. The van der Waals surface area contributed by atoms with Gasteiger partial charge in [-0.1, -0.05) is 25.5 Å². The van der Waals surface area contributed by atoms with Gasteiger partial charge in [0.25, 0.3) is 5.91 Å². The van der Waals surface area contributed by atoms with Crippen molar-refractivity contribution < 1.29 is 14.0 Å². The number of amides is 3. The molecular formula is C26H37FN4O2. The van der Waals surface area contributed by atoms with Crippen LogP contribution in [-0.4, -0.2) is 79.0 Å². The van der Waals surface area contributed by atoms with Crippen LogP contribution in [0.3, 0.4) is 0 Å². The minimum absolute atomic E-state index is 0.00378. The number of carbonyl (C=O) groups excluding carboxylic acids is 2. The summed E-state index contributed by atoms with van der Waals surface area (Å²) in [5, 5.41) is 2.86. The Balaban J connectivity index is 1.40. The van der Waals surface area contributed by atoms with Crippen molar-refractivity contribution in [3.63, 3.8) is 0 Å². The number of nitrogens with zero attached hydrogens (tertiary/aromatic N) is 3. The van der Waals surface area contributed by atoms with Crippen LogP contribution in [0.2, 0.25) is 0 Å². The molecule has 5 rings (SSSR count). The van der Waals surface area contributed by atoms with Gasteiger partial charge in [-0.25, -0.2) is 9.18 Å². The van der Waals surface area contributed by atoms with E-state index < -0.39 is 0 Å². The topological polar surface area (TPSA) is 55.9 Å². The van der Waals surface area contributed by atoms with E-state index in [0.29, 0.717) is 49.6 Å². The summed E-state index contributed by atoms with van der Waals surface area (Å²) in [4.78, 5) is 31.6. The van der Waals surface area contributed by atoms with Crippen molar-refractivity contribution in [2.24, 2.45) is 17.3 Å². The maximum atomic E-state index is 13.4. The van der Waals surface area contributed by atoms with Gasteiger partial charge in [-0.15, -0.1) is 0 Å². The highest BCUT2D eigenvalue weighted by Crippen LogP contribution is 2.59. The lowest BCUT2D eigenvalue weighted by atomic mass is 9.49. The molecule has 33 heavy (non-hydrogen) atoms. The predicted octanol–water partition coefficient (Wildman–Crippen LogP) is 3.61. The second-order valence-electron chi connectivity index (χ2n) is 10.2. The Labute approximate surface area is 196 Å². The molecule has 3 amide bonds. The van der Waals surface area contributed by atoms with E-state index in [0.717, 1.165) is 32.0 Å². The highest BCUT2D eigenvalue weighted by atomic mass is 19.1. The van der Waals surface area contributed by atoms with E-state index in [4.69, 9.17) is 0 Å². The van der Waals surface area contributed by atoms with Gasteiger partial charge in [0.2, 0.25) is 0 Å². The average Bonchev–Trinajstić information content (AvgIpc) is 2.82. The third-order valence-electron chi connectivity index (χ3n) is 8.01. The van der Waals surface area contributed by atoms with Gasteiger partial charge in [-0.2, -0.15) is 0 Å². The number of rotatable bonds is 7. The standard InChI is InChI=1S/C26H37FN4O2/c1-4-28-25(33)30-14-11-29(12-15-30)13-16-31(24(32)19-6-9-22(27)10-7-19)18-20-5-8-21-17-23(20)26(21,2)3/h5-7,9-10,21,23H,4,8,11-18H2,1-3H3,(H,28,33). The zero-order chi connectivity index (χ0) is 23.6. The van der Waals surface area contributed by atoms with Gasteiger partial charge in [0.15, 0.2) is 0 Å². The molecule has 180 valence electrons. The highest BCUT2D eigenvalue weighted by Gasteiger charge is 2.51. The fraction of sp³-hybridized carbons (Fsp3) is 0.615. The van der Waals surface area contributed by atoms with Crippen molar-refractivity contribution in [3.05, 3.63) is 47.3 Å². The first kappa shape index (κ1) is 23.7. The number of piperazine rings is 1. The molecular weight excluding hydrogens is 419 g/mol. The Kier molecular flexibility index (Phi) is 7.07. The molecule has 0 aromatic heterocycles. The van der Waals surface area contributed by atoms with Crippen molar-refractivity contribution in [1.29, 1.82) is 0 Å². The van der Waals surface area contributed by atoms with Crippen LogP contribution in [0.25, 0.3) is 0 Å². The Morgan fingerprint density at radius 1 is 1.15 bits per heavy atom. The second-order valence-corrected chi connectivity index (χ2v) is 10.2. The number of hydrogen-bond donors (Lipinski definition) is 1. The molecule has 1 aromatic rings. The summed E-state index contributed by atoms with van der Waals surface area (Å²) in [5.74, 6) is 0.922. The fourth-order valence-electron chi connectivity index (χ4n) is 5.60. The average molecular weight is 457 g/mol. The first-order valence-corrected chi connectivity index (χ1v) is 12.3. The molecule has 1 heterocycles. The molecule has 0 spiro atoms. The van der Waals surface area contributed by atoms with Crippen LogP contribution in [0, 0.1) is 23.1 Å². The smallest absolute Gasteiger partial charge is 0.317 e. The van der Waals surface area contributed by atoms with Crippen LogP contribution in [0.5, 0.6) is 0 Å². The van der Waals surface area contributed by atoms with Crippen LogP contribution in [0.4, 0.5) is 9.18 Å². The van der Waals surface area contributed by atoms with Gasteiger partial charge in [-0.3, -0.25) is 9.69 Å². The summed E-state index contributed by atoms with van der Waals surface area (Å²) in [6.07, 6.45) is 4.67. The number of benzene rings is 1. The van der Waals surface area contributed by atoms with Crippen LogP contribution in [0.1, 0.15) is 44.0 Å². The van der Waals surface area contributed by atoms with E-state index in [-0.39, 0.29) is 17.8 Å². The quantitative estimate of drug-likeness (QED) is 0.638. The number of fused-ring (bicyclic) bond motifs is 1. The molecule has 1 saturated carbocycles. The Hall–Kier alpha value is -2.41. The highest BCUT2D eigenvalue weighted by molar-refractivity contribution is 5.94. The summed E-state index contributed by atoms with van der Waals surface area (Å²) in [6.45, 7) is 12.3. The van der Waals surface area contributed by atoms with Crippen LogP contribution in [0.15, 0.2) is 35.9 Å². The summed E-state index contributed by atoms with van der Waals surface area (Å²) in [6, 6.07) is 5.86. The molecule has 1 N–H and O–H groups in total. The number of halogens is 1. The molecule has 2 unspecified atom stereocenters. The summed E-state index contributed by atoms with van der Waals surface area (Å²) >= 11 is 0. The van der Waals surface area contributed by atoms with Crippen molar-refractivity contribution in [3.8, 4) is 0 Å². The summed E-state index contributed by atoms with van der Waals surface area (Å²) in [7, 11) is 0. The molecule has 1 aromatic carbocycles. The van der Waals surface area contributed by atoms with Crippen molar-refractivity contribution in [2.75, 3.05) is 52.4 Å². The predicted molar refractivity (Wildman–Crippen MR) is 127 cm³/mol. The summed E-state index contributed by atoms with van der Waals surface area (Å²) < 4.78 is 13.4. The molecule has 2 fully saturated rings. The van der Waals surface area contributed by atoms with Gasteiger partial charge >= 0.3 is 6.03 Å². The van der Waals surface area contributed by atoms with Gasteiger partial charge < -0.3 is 15.1 Å². The maximum Gasteiger partial charge on any atom is 0.317 e. The number of nitrogens with one attached hydrogen (secondary N) is 1. The van der Waals surface area contributed by atoms with Crippen molar-refractivity contribution in [2.45, 2.75) is 33.6 Å². The molecule has 4 aliphatic rings.